The number of nitrogens with two attached hydrogens (primary N) is 1. The number of aliphatic carboxylic acids is 1. The van der Waals surface area contributed by atoms with Gasteiger partial charge in [0.2, 0.25) is 5.91 Å². The summed E-state index contributed by atoms with van der Waals surface area (Å²) in [4.78, 5) is 22.9. The molecule has 0 heterocycles. The van der Waals surface area contributed by atoms with Crippen molar-refractivity contribution in [1.29, 1.82) is 0 Å². The highest BCUT2D eigenvalue weighted by Gasteiger charge is 2.27. The number of carbonyl (C=O) groups excluding carboxylic acids is 1. The van der Waals surface area contributed by atoms with Crippen LogP contribution in [-0.2, 0) is 9.59 Å². The van der Waals surface area contributed by atoms with E-state index in [0.717, 1.165) is 5.56 Å². The second-order valence-electron chi connectivity index (χ2n) is 5.28. The summed E-state index contributed by atoms with van der Waals surface area (Å²) in [6.07, 6.45) is 2.62. The van der Waals surface area contributed by atoms with Crippen LogP contribution in [0, 0.1) is 5.92 Å². The quantitative estimate of drug-likeness (QED) is 0.776. The molecule has 1 aromatic rings. The number of carboxylic acid groups (broad SMARTS) is 1. The second-order valence-corrected chi connectivity index (χ2v) is 5.28. The molecular weight excluding hydrogens is 256 g/mol. The zero-order valence-corrected chi connectivity index (χ0v) is 11.3. The molecular formula is C15H20N2O3. The van der Waals surface area contributed by atoms with Crippen LogP contribution >= 0.6 is 0 Å². The SMILES string of the molecule is NC(C(=O)NC1CCC(C(=O)O)CC1)c1ccccc1. The fourth-order valence-electron chi connectivity index (χ4n) is 2.59. The largest absolute Gasteiger partial charge is 0.481 e. The Bertz CT molecular complexity index is 467. The minimum absolute atomic E-state index is 0.0351. The number of hydrogen-bond acceptors (Lipinski definition) is 3. The molecule has 0 bridgehead atoms. The van der Waals surface area contributed by atoms with Gasteiger partial charge in [-0.15, -0.1) is 0 Å². The van der Waals surface area contributed by atoms with Crippen molar-refractivity contribution < 1.29 is 14.7 Å². The smallest absolute Gasteiger partial charge is 0.306 e. The predicted molar refractivity (Wildman–Crippen MR) is 74.9 cm³/mol. The van der Waals surface area contributed by atoms with Gasteiger partial charge >= 0.3 is 5.97 Å². The predicted octanol–water partition coefficient (Wildman–Crippen LogP) is 1.45. The molecule has 1 unspecified atom stereocenters. The third-order valence-corrected chi connectivity index (χ3v) is 3.86. The molecule has 2 rings (SSSR count). The first-order valence-electron chi connectivity index (χ1n) is 6.91. The molecule has 0 aromatic heterocycles. The molecule has 4 N–H and O–H groups in total. The molecule has 1 aliphatic carbocycles. The van der Waals surface area contributed by atoms with Gasteiger partial charge in [0.05, 0.1) is 5.92 Å². The summed E-state index contributed by atoms with van der Waals surface area (Å²) in [5, 5.41) is 11.9. The van der Waals surface area contributed by atoms with Crippen molar-refractivity contribution in [3.05, 3.63) is 35.9 Å². The van der Waals surface area contributed by atoms with Crippen molar-refractivity contribution in [3.8, 4) is 0 Å². The Morgan fingerprint density at radius 1 is 1.15 bits per heavy atom. The summed E-state index contributed by atoms with van der Waals surface area (Å²) < 4.78 is 0. The first-order chi connectivity index (χ1) is 9.58. The lowest BCUT2D eigenvalue weighted by molar-refractivity contribution is -0.142. The van der Waals surface area contributed by atoms with E-state index in [1.807, 2.05) is 30.3 Å². The van der Waals surface area contributed by atoms with Gasteiger partial charge in [0, 0.05) is 6.04 Å². The molecule has 1 fully saturated rings. The number of rotatable bonds is 4. The Labute approximate surface area is 118 Å². The highest BCUT2D eigenvalue weighted by molar-refractivity contribution is 5.83. The molecule has 0 saturated heterocycles. The lowest BCUT2D eigenvalue weighted by Gasteiger charge is -2.27. The van der Waals surface area contributed by atoms with E-state index >= 15 is 0 Å². The van der Waals surface area contributed by atoms with E-state index in [2.05, 4.69) is 5.32 Å². The number of benzene rings is 1. The van der Waals surface area contributed by atoms with Gasteiger partial charge in [-0.1, -0.05) is 30.3 Å². The maximum absolute atomic E-state index is 12.1. The van der Waals surface area contributed by atoms with E-state index in [1.165, 1.54) is 0 Å². The molecule has 0 spiro atoms. The van der Waals surface area contributed by atoms with Crippen molar-refractivity contribution in [2.75, 3.05) is 0 Å². The zero-order chi connectivity index (χ0) is 14.5. The molecule has 1 atom stereocenters. The van der Waals surface area contributed by atoms with E-state index < -0.39 is 12.0 Å². The molecule has 0 radical (unpaired) electrons. The molecule has 1 amide bonds. The van der Waals surface area contributed by atoms with E-state index in [9.17, 15) is 9.59 Å². The molecule has 108 valence electrons. The number of nitrogens with one attached hydrogen (secondary N) is 1. The number of amides is 1. The Kier molecular flexibility index (Phi) is 4.74. The van der Waals surface area contributed by atoms with Crippen LogP contribution < -0.4 is 11.1 Å². The fourth-order valence-corrected chi connectivity index (χ4v) is 2.59. The summed E-state index contributed by atoms with van der Waals surface area (Å²) in [6, 6.07) is 8.58. The fraction of sp³-hybridized carbons (Fsp3) is 0.467. The Morgan fingerprint density at radius 3 is 2.30 bits per heavy atom. The molecule has 20 heavy (non-hydrogen) atoms. The van der Waals surface area contributed by atoms with Gasteiger partial charge in [-0.2, -0.15) is 0 Å². The highest BCUT2D eigenvalue weighted by atomic mass is 16.4. The summed E-state index contributed by atoms with van der Waals surface area (Å²) in [6.45, 7) is 0. The second kappa shape index (κ2) is 6.52. The van der Waals surface area contributed by atoms with Gasteiger partial charge in [-0.25, -0.2) is 0 Å². The zero-order valence-electron chi connectivity index (χ0n) is 11.3. The van der Waals surface area contributed by atoms with Gasteiger partial charge < -0.3 is 16.2 Å². The van der Waals surface area contributed by atoms with Crippen LogP contribution in [0.3, 0.4) is 0 Å². The summed E-state index contributed by atoms with van der Waals surface area (Å²) in [7, 11) is 0. The third-order valence-electron chi connectivity index (χ3n) is 3.86. The van der Waals surface area contributed by atoms with Crippen molar-refractivity contribution in [1.82, 2.24) is 5.32 Å². The van der Waals surface area contributed by atoms with Gasteiger partial charge in [0.1, 0.15) is 6.04 Å². The van der Waals surface area contributed by atoms with Gasteiger partial charge in [0.15, 0.2) is 0 Å². The first-order valence-corrected chi connectivity index (χ1v) is 6.91. The normalized spacial score (nSPS) is 23.9. The summed E-state index contributed by atoms with van der Waals surface area (Å²) in [5.74, 6) is -1.21. The van der Waals surface area contributed by atoms with E-state index in [-0.39, 0.29) is 17.9 Å². The van der Waals surface area contributed by atoms with Crippen molar-refractivity contribution in [2.24, 2.45) is 11.7 Å². The van der Waals surface area contributed by atoms with Crippen molar-refractivity contribution >= 4 is 11.9 Å². The molecule has 1 saturated carbocycles. The van der Waals surface area contributed by atoms with Gasteiger partial charge in [0.25, 0.3) is 0 Å². The number of carboxylic acids is 1. The average molecular weight is 276 g/mol. The monoisotopic (exact) mass is 276 g/mol. The highest BCUT2D eigenvalue weighted by Crippen LogP contribution is 2.24. The van der Waals surface area contributed by atoms with Crippen LogP contribution in [0.25, 0.3) is 0 Å². The lowest BCUT2D eigenvalue weighted by atomic mass is 9.86. The van der Waals surface area contributed by atoms with E-state index in [1.54, 1.807) is 0 Å². The van der Waals surface area contributed by atoms with Crippen molar-refractivity contribution in [3.63, 3.8) is 0 Å². The van der Waals surface area contributed by atoms with Crippen LogP contribution in [-0.4, -0.2) is 23.0 Å². The topological polar surface area (TPSA) is 92.4 Å². The first kappa shape index (κ1) is 14.5. The lowest BCUT2D eigenvalue weighted by Crippen LogP contribution is -2.43. The molecule has 1 aromatic carbocycles. The maximum atomic E-state index is 12.1. The Hall–Kier alpha value is -1.88. The van der Waals surface area contributed by atoms with Crippen LogP contribution in [0.2, 0.25) is 0 Å². The van der Waals surface area contributed by atoms with Crippen LogP contribution in [0.15, 0.2) is 30.3 Å². The van der Waals surface area contributed by atoms with E-state index in [0.29, 0.717) is 25.7 Å². The van der Waals surface area contributed by atoms with Gasteiger partial charge in [-0.05, 0) is 31.2 Å². The summed E-state index contributed by atoms with van der Waals surface area (Å²) in [5.41, 5.74) is 6.71. The Balaban J connectivity index is 1.85. The van der Waals surface area contributed by atoms with Gasteiger partial charge in [-0.3, -0.25) is 9.59 Å². The molecule has 5 heteroatoms. The van der Waals surface area contributed by atoms with Crippen LogP contribution in [0.1, 0.15) is 37.3 Å². The van der Waals surface area contributed by atoms with Crippen molar-refractivity contribution in [2.45, 2.75) is 37.8 Å². The van der Waals surface area contributed by atoms with Crippen LogP contribution in [0.4, 0.5) is 0 Å². The average Bonchev–Trinajstić information content (AvgIpc) is 2.48. The molecule has 0 aliphatic heterocycles. The third kappa shape index (κ3) is 3.57. The molecule has 5 nitrogen and oxygen atoms in total. The minimum Gasteiger partial charge on any atom is -0.481 e. The minimum atomic E-state index is -0.740. The number of hydrogen-bond donors (Lipinski definition) is 3. The van der Waals surface area contributed by atoms with E-state index in [4.69, 9.17) is 10.8 Å². The standard InChI is InChI=1S/C15H20N2O3/c16-13(10-4-2-1-3-5-10)14(18)17-12-8-6-11(7-9-12)15(19)20/h1-5,11-13H,6-9,16H2,(H,17,18)(H,19,20). The molecule has 1 aliphatic rings. The van der Waals surface area contributed by atoms with Crippen LogP contribution in [0.5, 0.6) is 0 Å². The number of carbonyl (C=O) groups is 2. The maximum Gasteiger partial charge on any atom is 0.306 e. The summed E-state index contributed by atoms with van der Waals surface area (Å²) >= 11 is 0. The Morgan fingerprint density at radius 2 is 1.75 bits per heavy atom.